The zero-order valence-corrected chi connectivity index (χ0v) is 17.8. The average Bonchev–Trinajstić information content (AvgIpc) is 2.68. The Hall–Kier alpha value is -2.43. The van der Waals surface area contributed by atoms with Crippen molar-refractivity contribution >= 4 is 27.5 Å². The maximum absolute atomic E-state index is 12.5. The highest BCUT2D eigenvalue weighted by molar-refractivity contribution is 7.89. The second-order valence-electron chi connectivity index (χ2n) is 6.18. The predicted octanol–water partition coefficient (Wildman–Crippen LogP) is 2.93. The molecule has 30 heavy (non-hydrogen) atoms. The first-order valence-electron chi connectivity index (χ1n) is 8.74. The second kappa shape index (κ2) is 10.6. The lowest BCUT2D eigenvalue weighted by molar-refractivity contribution is -0.121. The van der Waals surface area contributed by atoms with E-state index in [1.54, 1.807) is 6.07 Å². The number of hydrogen-bond donors (Lipinski definition) is 1. The number of carbonyl (C=O) groups is 1. The van der Waals surface area contributed by atoms with Crippen LogP contribution in [0.25, 0.3) is 0 Å². The largest absolute Gasteiger partial charge is 0.493 e. The summed E-state index contributed by atoms with van der Waals surface area (Å²) in [5.74, 6) is -0.449. The second-order valence-corrected chi connectivity index (χ2v) is 8.66. The van der Waals surface area contributed by atoms with E-state index < -0.39 is 22.5 Å². The summed E-state index contributed by atoms with van der Waals surface area (Å²) in [6.45, 7) is -3.20. The van der Waals surface area contributed by atoms with Crippen LogP contribution >= 0.6 is 11.6 Å². The van der Waals surface area contributed by atoms with Crippen molar-refractivity contribution < 1.29 is 31.5 Å². The molecule has 0 heterocycles. The van der Waals surface area contributed by atoms with E-state index in [9.17, 15) is 22.0 Å². The molecular formula is C19H21ClF2N2O5S. The lowest BCUT2D eigenvalue weighted by atomic mass is 10.1. The standard InChI is InChI=1S/C19H21ClF2N2O5S/c1-24(30(26,27)15-6-4-14(20)5-7-15)12-18(25)23-10-9-13-3-8-16(28-2)17(11-13)29-19(21)22/h3-8,11,19H,9-10,12H2,1-2H3,(H,23,25). The molecule has 0 aromatic heterocycles. The van der Waals surface area contributed by atoms with Gasteiger partial charge in [0.05, 0.1) is 18.6 Å². The number of amides is 1. The van der Waals surface area contributed by atoms with Gasteiger partial charge in [0, 0.05) is 18.6 Å². The Morgan fingerprint density at radius 1 is 1.17 bits per heavy atom. The quantitative estimate of drug-likeness (QED) is 0.587. The van der Waals surface area contributed by atoms with Gasteiger partial charge in [-0.1, -0.05) is 17.7 Å². The maximum atomic E-state index is 12.5. The predicted molar refractivity (Wildman–Crippen MR) is 108 cm³/mol. The molecule has 0 aliphatic carbocycles. The first-order chi connectivity index (χ1) is 14.1. The number of ether oxygens (including phenoxy) is 2. The molecule has 2 aromatic rings. The van der Waals surface area contributed by atoms with Crippen LogP contribution in [0.2, 0.25) is 5.02 Å². The van der Waals surface area contributed by atoms with E-state index >= 15 is 0 Å². The molecule has 164 valence electrons. The van der Waals surface area contributed by atoms with Gasteiger partial charge >= 0.3 is 6.61 Å². The topological polar surface area (TPSA) is 84.9 Å². The van der Waals surface area contributed by atoms with Crippen molar-refractivity contribution in [3.63, 3.8) is 0 Å². The SMILES string of the molecule is COc1ccc(CCNC(=O)CN(C)S(=O)(=O)c2ccc(Cl)cc2)cc1OC(F)F. The molecule has 2 rings (SSSR count). The smallest absolute Gasteiger partial charge is 0.387 e. The van der Waals surface area contributed by atoms with Gasteiger partial charge in [-0.3, -0.25) is 4.79 Å². The summed E-state index contributed by atoms with van der Waals surface area (Å²) in [7, 11) is -1.21. The maximum Gasteiger partial charge on any atom is 0.387 e. The van der Waals surface area contributed by atoms with Gasteiger partial charge in [0.1, 0.15) is 0 Å². The third-order valence-electron chi connectivity index (χ3n) is 4.07. The summed E-state index contributed by atoms with van der Waals surface area (Å²) < 4.78 is 60.2. The number of nitrogens with zero attached hydrogens (tertiary/aromatic N) is 1. The number of likely N-dealkylation sites (N-methyl/N-ethyl adjacent to an activating group) is 1. The molecule has 0 radical (unpaired) electrons. The Bertz CT molecular complexity index is 971. The molecular weight excluding hydrogens is 442 g/mol. The van der Waals surface area contributed by atoms with E-state index in [-0.39, 0.29) is 29.5 Å². The summed E-state index contributed by atoms with van der Waals surface area (Å²) in [5.41, 5.74) is 0.633. The van der Waals surface area contributed by atoms with Crippen molar-refractivity contribution in [1.82, 2.24) is 9.62 Å². The van der Waals surface area contributed by atoms with Crippen LogP contribution in [-0.4, -0.2) is 52.5 Å². The third kappa shape index (κ3) is 6.54. The molecule has 2 aromatic carbocycles. The van der Waals surface area contributed by atoms with Crippen LogP contribution in [0.1, 0.15) is 5.56 Å². The fourth-order valence-electron chi connectivity index (χ4n) is 2.54. The van der Waals surface area contributed by atoms with Crippen LogP contribution in [-0.2, 0) is 21.2 Å². The first kappa shape index (κ1) is 23.8. The Kier molecular flexibility index (Phi) is 8.39. The van der Waals surface area contributed by atoms with E-state index in [1.807, 2.05) is 0 Å². The minimum absolute atomic E-state index is 0.0204. The highest BCUT2D eigenvalue weighted by Gasteiger charge is 2.22. The molecule has 0 atom stereocenters. The number of hydrogen-bond acceptors (Lipinski definition) is 5. The third-order valence-corrected chi connectivity index (χ3v) is 6.14. The molecule has 0 spiro atoms. The lowest BCUT2D eigenvalue weighted by Crippen LogP contribution is -2.39. The number of alkyl halides is 2. The van der Waals surface area contributed by atoms with Crippen LogP contribution in [0.15, 0.2) is 47.4 Å². The van der Waals surface area contributed by atoms with Crippen molar-refractivity contribution in [1.29, 1.82) is 0 Å². The highest BCUT2D eigenvalue weighted by atomic mass is 35.5. The van der Waals surface area contributed by atoms with Gasteiger partial charge in [0.25, 0.3) is 0 Å². The highest BCUT2D eigenvalue weighted by Crippen LogP contribution is 2.29. The minimum Gasteiger partial charge on any atom is -0.493 e. The molecule has 0 saturated heterocycles. The fraction of sp³-hybridized carbons (Fsp3) is 0.316. The number of carbonyl (C=O) groups excluding carboxylic acids is 1. The molecule has 0 aliphatic heterocycles. The molecule has 11 heteroatoms. The monoisotopic (exact) mass is 462 g/mol. The number of sulfonamides is 1. The van der Waals surface area contributed by atoms with Crippen LogP contribution in [0.5, 0.6) is 11.5 Å². The molecule has 0 bridgehead atoms. The zero-order chi connectivity index (χ0) is 22.3. The molecule has 1 amide bonds. The van der Waals surface area contributed by atoms with Gasteiger partial charge in [-0.2, -0.15) is 13.1 Å². The van der Waals surface area contributed by atoms with Gasteiger partial charge in [-0.25, -0.2) is 8.42 Å². The van der Waals surface area contributed by atoms with Gasteiger partial charge in [-0.15, -0.1) is 0 Å². The Morgan fingerprint density at radius 2 is 1.83 bits per heavy atom. The number of halogens is 3. The van der Waals surface area contributed by atoms with Crippen LogP contribution in [0.4, 0.5) is 8.78 Å². The van der Waals surface area contributed by atoms with E-state index in [4.69, 9.17) is 16.3 Å². The summed E-state index contributed by atoms with van der Waals surface area (Å²) >= 11 is 5.76. The van der Waals surface area contributed by atoms with Gasteiger partial charge < -0.3 is 14.8 Å². The summed E-state index contributed by atoms with van der Waals surface area (Å²) in [5, 5.41) is 3.00. The molecule has 0 saturated carbocycles. The minimum atomic E-state index is -3.84. The molecule has 0 aliphatic rings. The fourth-order valence-corrected chi connectivity index (χ4v) is 3.79. The number of rotatable bonds is 10. The van der Waals surface area contributed by atoms with E-state index in [0.717, 1.165) is 4.31 Å². The number of methoxy groups -OCH3 is 1. The molecule has 7 nitrogen and oxygen atoms in total. The summed E-state index contributed by atoms with van der Waals surface area (Å²) in [6.07, 6.45) is 0.322. The number of benzene rings is 2. The van der Waals surface area contributed by atoms with Crippen molar-refractivity contribution in [2.45, 2.75) is 17.9 Å². The number of nitrogens with one attached hydrogen (secondary N) is 1. The summed E-state index contributed by atoms with van der Waals surface area (Å²) in [6, 6.07) is 10.1. The van der Waals surface area contributed by atoms with E-state index in [2.05, 4.69) is 10.1 Å². The zero-order valence-electron chi connectivity index (χ0n) is 16.3. The Labute approximate surface area is 178 Å². The molecule has 0 unspecified atom stereocenters. The van der Waals surface area contributed by atoms with Crippen molar-refractivity contribution in [3.8, 4) is 11.5 Å². The van der Waals surface area contributed by atoms with Gasteiger partial charge in [0.2, 0.25) is 15.9 Å². The van der Waals surface area contributed by atoms with Crippen molar-refractivity contribution in [2.75, 3.05) is 27.2 Å². The normalized spacial score (nSPS) is 11.6. The Balaban J connectivity index is 1.91. The lowest BCUT2D eigenvalue weighted by Gasteiger charge is -2.17. The van der Waals surface area contributed by atoms with E-state index in [1.165, 1.54) is 50.6 Å². The molecule has 1 N–H and O–H groups in total. The molecule has 0 fully saturated rings. The Morgan fingerprint density at radius 3 is 2.43 bits per heavy atom. The average molecular weight is 463 g/mol. The van der Waals surface area contributed by atoms with Crippen molar-refractivity contribution in [2.24, 2.45) is 0 Å². The van der Waals surface area contributed by atoms with Crippen LogP contribution in [0, 0.1) is 0 Å². The van der Waals surface area contributed by atoms with Crippen LogP contribution in [0.3, 0.4) is 0 Å². The van der Waals surface area contributed by atoms with Gasteiger partial charge in [-0.05, 0) is 48.4 Å². The van der Waals surface area contributed by atoms with Gasteiger partial charge in [0.15, 0.2) is 11.5 Å². The van der Waals surface area contributed by atoms with E-state index in [0.29, 0.717) is 17.0 Å². The summed E-state index contributed by atoms with van der Waals surface area (Å²) in [4.78, 5) is 12.1. The first-order valence-corrected chi connectivity index (χ1v) is 10.6. The van der Waals surface area contributed by atoms with Crippen LogP contribution < -0.4 is 14.8 Å². The van der Waals surface area contributed by atoms with Crippen molar-refractivity contribution in [3.05, 3.63) is 53.1 Å².